The summed E-state index contributed by atoms with van der Waals surface area (Å²) in [6.07, 6.45) is 4.15. The van der Waals surface area contributed by atoms with Crippen molar-refractivity contribution in [1.82, 2.24) is 9.97 Å². The lowest BCUT2D eigenvalue weighted by Crippen LogP contribution is -2.37. The molecule has 0 aliphatic carbocycles. The number of hydrogen-bond acceptors (Lipinski definition) is 4. The molecule has 2 N–H and O–H groups in total. The van der Waals surface area contributed by atoms with Crippen molar-refractivity contribution in [2.45, 2.75) is 13.3 Å². The third kappa shape index (κ3) is 2.02. The van der Waals surface area contributed by atoms with E-state index in [2.05, 4.69) is 25.9 Å². The number of aromatic nitrogens is 2. The van der Waals surface area contributed by atoms with Gasteiger partial charge in [0.25, 0.3) is 0 Å². The average molecular weight is 285 g/mol. The minimum atomic E-state index is -0.462. The summed E-state index contributed by atoms with van der Waals surface area (Å²) in [5.74, 6) is 0.389. The van der Waals surface area contributed by atoms with Gasteiger partial charge in [0.2, 0.25) is 11.9 Å². The van der Waals surface area contributed by atoms with Crippen molar-refractivity contribution < 1.29 is 4.79 Å². The van der Waals surface area contributed by atoms with E-state index in [0.717, 1.165) is 17.4 Å². The van der Waals surface area contributed by atoms with Crippen molar-refractivity contribution in [1.29, 1.82) is 0 Å². The van der Waals surface area contributed by atoms with Crippen LogP contribution in [0.25, 0.3) is 0 Å². The Labute approximate surface area is 102 Å². The van der Waals surface area contributed by atoms with Crippen molar-refractivity contribution in [3.05, 3.63) is 16.9 Å². The first kappa shape index (κ1) is 11.3. The Hall–Kier alpha value is -1.17. The Morgan fingerprint density at radius 3 is 2.69 bits per heavy atom. The smallest absolute Gasteiger partial charge is 0.225 e. The molecule has 2 rings (SSSR count). The molecule has 5 nitrogen and oxygen atoms in total. The van der Waals surface area contributed by atoms with E-state index in [1.54, 1.807) is 12.4 Å². The molecule has 0 spiro atoms. The first-order valence-corrected chi connectivity index (χ1v) is 5.83. The average Bonchev–Trinajstić information content (AvgIpc) is 2.63. The monoisotopic (exact) mass is 284 g/mol. The molecule has 0 aromatic carbocycles. The first-order valence-electron chi connectivity index (χ1n) is 5.04. The normalized spacial score (nSPS) is 24.8. The summed E-state index contributed by atoms with van der Waals surface area (Å²) in [5, 5.41) is 0. The van der Waals surface area contributed by atoms with Crippen LogP contribution in [0.5, 0.6) is 0 Å². The molecule has 0 radical (unpaired) electrons. The summed E-state index contributed by atoms with van der Waals surface area (Å²) in [4.78, 5) is 21.7. The molecule has 0 bridgehead atoms. The standard InChI is InChI=1S/C10H13BrN4O/c1-10(8(12)16)2-3-15(6-10)9-13-4-7(11)5-14-9/h4-5H,2-3,6H2,1H3,(H2,12,16). The highest BCUT2D eigenvalue weighted by Crippen LogP contribution is 2.31. The third-order valence-corrected chi connectivity index (χ3v) is 3.37. The molecule has 1 atom stereocenters. The van der Waals surface area contributed by atoms with Gasteiger partial charge in [-0.2, -0.15) is 0 Å². The van der Waals surface area contributed by atoms with Gasteiger partial charge in [0.05, 0.1) is 9.89 Å². The molecule has 1 aliphatic heterocycles. The molecule has 1 aliphatic rings. The Morgan fingerprint density at radius 2 is 2.19 bits per heavy atom. The Balaban J connectivity index is 2.15. The second kappa shape index (κ2) is 4.01. The fourth-order valence-corrected chi connectivity index (χ4v) is 2.01. The number of amides is 1. The van der Waals surface area contributed by atoms with Crippen LogP contribution in [0.4, 0.5) is 5.95 Å². The van der Waals surface area contributed by atoms with Gasteiger partial charge in [-0.25, -0.2) is 9.97 Å². The SMILES string of the molecule is CC1(C(N)=O)CCN(c2ncc(Br)cn2)C1. The Kier molecular flexibility index (Phi) is 2.84. The molecule has 2 heterocycles. The summed E-state index contributed by atoms with van der Waals surface area (Å²) in [7, 11) is 0. The zero-order chi connectivity index (χ0) is 11.8. The number of primary amides is 1. The lowest BCUT2D eigenvalue weighted by molar-refractivity contribution is -0.125. The number of carbonyl (C=O) groups is 1. The number of carbonyl (C=O) groups excluding carboxylic acids is 1. The van der Waals surface area contributed by atoms with Gasteiger partial charge in [-0.05, 0) is 29.3 Å². The van der Waals surface area contributed by atoms with Crippen LogP contribution >= 0.6 is 15.9 Å². The lowest BCUT2D eigenvalue weighted by Gasteiger charge is -2.20. The van der Waals surface area contributed by atoms with E-state index in [4.69, 9.17) is 5.73 Å². The highest BCUT2D eigenvalue weighted by molar-refractivity contribution is 9.10. The third-order valence-electron chi connectivity index (χ3n) is 2.96. The molecule has 6 heteroatoms. The molecule has 0 saturated carbocycles. The number of anilines is 1. The number of rotatable bonds is 2. The summed E-state index contributed by atoms with van der Waals surface area (Å²) in [5.41, 5.74) is 4.92. The fraction of sp³-hybridized carbons (Fsp3) is 0.500. The number of halogens is 1. The minimum absolute atomic E-state index is 0.257. The quantitative estimate of drug-likeness (QED) is 0.877. The van der Waals surface area contributed by atoms with Crippen molar-refractivity contribution in [2.24, 2.45) is 11.1 Å². The second-order valence-electron chi connectivity index (χ2n) is 4.30. The van der Waals surface area contributed by atoms with E-state index < -0.39 is 5.41 Å². The highest BCUT2D eigenvalue weighted by Gasteiger charge is 2.39. The van der Waals surface area contributed by atoms with Gasteiger partial charge in [0.1, 0.15) is 0 Å². The maximum Gasteiger partial charge on any atom is 0.225 e. The summed E-state index contributed by atoms with van der Waals surface area (Å²) >= 11 is 3.28. The molecule has 1 aromatic heterocycles. The molecule has 1 unspecified atom stereocenters. The van der Waals surface area contributed by atoms with Crippen molar-refractivity contribution >= 4 is 27.8 Å². The van der Waals surface area contributed by atoms with Crippen molar-refractivity contribution in [3.63, 3.8) is 0 Å². The number of nitrogens with zero attached hydrogens (tertiary/aromatic N) is 3. The van der Waals surface area contributed by atoms with E-state index in [9.17, 15) is 4.79 Å². The second-order valence-corrected chi connectivity index (χ2v) is 5.21. The van der Waals surface area contributed by atoms with Crippen LogP contribution in [0.15, 0.2) is 16.9 Å². The molecule has 16 heavy (non-hydrogen) atoms. The molecule has 1 amide bonds. The van der Waals surface area contributed by atoms with E-state index in [-0.39, 0.29) is 5.91 Å². The summed E-state index contributed by atoms with van der Waals surface area (Å²) in [6, 6.07) is 0. The van der Waals surface area contributed by atoms with Gasteiger partial charge in [0.15, 0.2) is 0 Å². The predicted octanol–water partition coefficient (Wildman–Crippen LogP) is 0.941. The van der Waals surface area contributed by atoms with Gasteiger partial charge in [-0.3, -0.25) is 4.79 Å². The highest BCUT2D eigenvalue weighted by atomic mass is 79.9. The zero-order valence-electron chi connectivity index (χ0n) is 8.98. The van der Waals surface area contributed by atoms with Crippen LogP contribution in [-0.2, 0) is 4.79 Å². The first-order chi connectivity index (χ1) is 7.51. The summed E-state index contributed by atoms with van der Waals surface area (Å²) < 4.78 is 0.841. The van der Waals surface area contributed by atoms with Gasteiger partial charge in [-0.1, -0.05) is 0 Å². The van der Waals surface area contributed by atoms with E-state index >= 15 is 0 Å². The van der Waals surface area contributed by atoms with Crippen molar-refractivity contribution in [3.8, 4) is 0 Å². The van der Waals surface area contributed by atoms with Crippen LogP contribution in [-0.4, -0.2) is 29.0 Å². The molecule has 86 valence electrons. The molecular weight excluding hydrogens is 272 g/mol. The summed E-state index contributed by atoms with van der Waals surface area (Å²) in [6.45, 7) is 3.24. The molecule has 1 saturated heterocycles. The zero-order valence-corrected chi connectivity index (χ0v) is 10.6. The van der Waals surface area contributed by atoms with Crippen molar-refractivity contribution in [2.75, 3.05) is 18.0 Å². The van der Waals surface area contributed by atoms with Gasteiger partial charge in [-0.15, -0.1) is 0 Å². The van der Waals surface area contributed by atoms with Crippen LogP contribution in [0.1, 0.15) is 13.3 Å². The Bertz CT molecular complexity index is 408. The van der Waals surface area contributed by atoms with Gasteiger partial charge < -0.3 is 10.6 Å². The van der Waals surface area contributed by atoms with E-state index in [1.807, 2.05) is 11.8 Å². The fourth-order valence-electron chi connectivity index (χ4n) is 1.80. The maximum atomic E-state index is 11.3. The van der Waals surface area contributed by atoms with Gasteiger partial charge >= 0.3 is 0 Å². The topological polar surface area (TPSA) is 72.1 Å². The predicted molar refractivity (Wildman–Crippen MR) is 63.9 cm³/mol. The molecular formula is C10H13BrN4O. The van der Waals surface area contributed by atoms with Crippen LogP contribution in [0.3, 0.4) is 0 Å². The van der Waals surface area contributed by atoms with E-state index in [1.165, 1.54) is 0 Å². The number of hydrogen-bond donors (Lipinski definition) is 1. The van der Waals surface area contributed by atoms with Crippen LogP contribution in [0, 0.1) is 5.41 Å². The largest absolute Gasteiger partial charge is 0.369 e. The van der Waals surface area contributed by atoms with E-state index in [0.29, 0.717) is 12.5 Å². The van der Waals surface area contributed by atoms with Crippen LogP contribution < -0.4 is 10.6 Å². The maximum absolute atomic E-state index is 11.3. The minimum Gasteiger partial charge on any atom is -0.369 e. The van der Waals surface area contributed by atoms with Crippen LogP contribution in [0.2, 0.25) is 0 Å². The molecule has 1 fully saturated rings. The Morgan fingerprint density at radius 1 is 1.56 bits per heavy atom. The van der Waals surface area contributed by atoms with Gasteiger partial charge in [0, 0.05) is 25.5 Å². The lowest BCUT2D eigenvalue weighted by atomic mass is 9.89. The number of nitrogens with two attached hydrogens (primary N) is 1. The molecule has 1 aromatic rings.